The maximum atomic E-state index is 12.7. The summed E-state index contributed by atoms with van der Waals surface area (Å²) in [5.74, 6) is -1.25. The van der Waals surface area contributed by atoms with Crippen LogP contribution in [0, 0.1) is 5.92 Å². The van der Waals surface area contributed by atoms with Gasteiger partial charge in [-0.05, 0) is 38.7 Å². The topological polar surface area (TPSA) is 105 Å². The number of hydrogen-bond donors (Lipinski definition) is 3. The fourth-order valence-electron chi connectivity index (χ4n) is 2.69. The summed E-state index contributed by atoms with van der Waals surface area (Å²) in [6.45, 7) is 5.19. The van der Waals surface area contributed by atoms with Crippen molar-refractivity contribution >= 4 is 18.0 Å². The van der Waals surface area contributed by atoms with Crippen LogP contribution < -0.4 is 10.6 Å². The molecule has 0 radical (unpaired) electrons. The Hall–Kier alpha value is -2.57. The Labute approximate surface area is 159 Å². The Morgan fingerprint density at radius 2 is 1.74 bits per heavy atom. The molecule has 1 aromatic carbocycles. The largest absolute Gasteiger partial charge is 0.480 e. The van der Waals surface area contributed by atoms with Gasteiger partial charge in [0.25, 0.3) is 0 Å². The monoisotopic (exact) mass is 376 g/mol. The number of rotatable bonds is 8. The third kappa shape index (κ3) is 7.68. The van der Waals surface area contributed by atoms with Crippen LogP contribution in [0.25, 0.3) is 0 Å². The van der Waals surface area contributed by atoms with Crippen molar-refractivity contribution in [3.63, 3.8) is 0 Å². The molecule has 0 saturated heterocycles. The first kappa shape index (κ1) is 20.7. The molecule has 2 amide bonds. The molecule has 1 fully saturated rings. The molecule has 27 heavy (non-hydrogen) atoms. The quantitative estimate of drug-likeness (QED) is 0.646. The fourth-order valence-corrected chi connectivity index (χ4v) is 2.69. The molecule has 3 N–H and O–H groups in total. The molecule has 0 aromatic heterocycles. The van der Waals surface area contributed by atoms with Gasteiger partial charge in [0.1, 0.15) is 17.7 Å². The van der Waals surface area contributed by atoms with Gasteiger partial charge in [-0.15, -0.1) is 0 Å². The Bertz CT molecular complexity index is 665. The standard InChI is InChI=1S/C20H28N2O5/c1-20(2,3)27-19(26)22-15(11-13-7-5-4-6-8-13)17(23)21-16(18(24)25)12-14-9-10-14/h4-8,14-16H,9-12H2,1-3H3,(H,21,23)(H,22,26)(H,24,25)/t15-,16-/m1/s1. The van der Waals surface area contributed by atoms with Crippen LogP contribution in [0.5, 0.6) is 0 Å². The van der Waals surface area contributed by atoms with Gasteiger partial charge in [-0.3, -0.25) is 4.79 Å². The number of ether oxygens (including phenoxy) is 1. The number of carboxylic acid groups (broad SMARTS) is 1. The molecule has 148 valence electrons. The zero-order valence-electron chi connectivity index (χ0n) is 16.0. The second kappa shape index (κ2) is 8.88. The summed E-state index contributed by atoms with van der Waals surface area (Å²) in [5, 5.41) is 14.5. The van der Waals surface area contributed by atoms with Gasteiger partial charge in [-0.2, -0.15) is 0 Å². The zero-order valence-corrected chi connectivity index (χ0v) is 16.0. The van der Waals surface area contributed by atoms with Crippen LogP contribution in [0.15, 0.2) is 30.3 Å². The third-order valence-corrected chi connectivity index (χ3v) is 4.17. The minimum absolute atomic E-state index is 0.238. The van der Waals surface area contributed by atoms with E-state index in [0.29, 0.717) is 12.3 Å². The van der Waals surface area contributed by atoms with Crippen LogP contribution in [0.4, 0.5) is 4.79 Å². The molecule has 0 aliphatic heterocycles. The minimum atomic E-state index is -1.06. The van der Waals surface area contributed by atoms with Crippen molar-refractivity contribution in [1.82, 2.24) is 10.6 Å². The van der Waals surface area contributed by atoms with E-state index >= 15 is 0 Å². The molecule has 1 saturated carbocycles. The molecule has 1 aliphatic carbocycles. The van der Waals surface area contributed by atoms with E-state index in [2.05, 4.69) is 10.6 Å². The number of carbonyl (C=O) groups is 3. The summed E-state index contributed by atoms with van der Waals surface area (Å²) in [5.41, 5.74) is 0.149. The second-order valence-corrected chi connectivity index (χ2v) is 7.97. The zero-order chi connectivity index (χ0) is 20.0. The van der Waals surface area contributed by atoms with E-state index in [9.17, 15) is 19.5 Å². The Balaban J connectivity index is 2.07. The highest BCUT2D eigenvalue weighted by Gasteiger charge is 2.32. The summed E-state index contributed by atoms with van der Waals surface area (Å²) in [7, 11) is 0. The molecule has 0 heterocycles. The molecule has 0 bridgehead atoms. The van der Waals surface area contributed by atoms with E-state index in [0.717, 1.165) is 18.4 Å². The summed E-state index contributed by atoms with van der Waals surface area (Å²) >= 11 is 0. The van der Waals surface area contributed by atoms with Gasteiger partial charge in [0.15, 0.2) is 0 Å². The molecule has 2 atom stereocenters. The third-order valence-electron chi connectivity index (χ3n) is 4.17. The highest BCUT2D eigenvalue weighted by Crippen LogP contribution is 2.33. The Morgan fingerprint density at radius 3 is 2.26 bits per heavy atom. The maximum absolute atomic E-state index is 12.7. The van der Waals surface area contributed by atoms with E-state index in [1.165, 1.54) is 0 Å². The van der Waals surface area contributed by atoms with Crippen molar-refractivity contribution in [2.75, 3.05) is 0 Å². The lowest BCUT2D eigenvalue weighted by Gasteiger charge is -2.24. The van der Waals surface area contributed by atoms with Gasteiger partial charge in [0.2, 0.25) is 5.91 Å². The van der Waals surface area contributed by atoms with Crippen LogP contribution in [0.2, 0.25) is 0 Å². The highest BCUT2D eigenvalue weighted by molar-refractivity contribution is 5.89. The number of hydrogen-bond acceptors (Lipinski definition) is 4. The first-order valence-electron chi connectivity index (χ1n) is 9.20. The summed E-state index contributed by atoms with van der Waals surface area (Å²) < 4.78 is 5.24. The average Bonchev–Trinajstić information content (AvgIpc) is 3.36. The van der Waals surface area contributed by atoms with E-state index in [1.807, 2.05) is 30.3 Å². The normalized spacial score (nSPS) is 16.1. The number of amides is 2. The minimum Gasteiger partial charge on any atom is -0.480 e. The van der Waals surface area contributed by atoms with E-state index < -0.39 is 35.7 Å². The van der Waals surface area contributed by atoms with Gasteiger partial charge in [-0.1, -0.05) is 43.2 Å². The molecule has 1 aromatic rings. The maximum Gasteiger partial charge on any atom is 0.408 e. The predicted molar refractivity (Wildman–Crippen MR) is 100 cm³/mol. The number of carboxylic acids is 1. The summed E-state index contributed by atoms with van der Waals surface area (Å²) in [6, 6.07) is 7.34. The van der Waals surface area contributed by atoms with Gasteiger partial charge >= 0.3 is 12.1 Å². The molecule has 7 nitrogen and oxygen atoms in total. The second-order valence-electron chi connectivity index (χ2n) is 7.97. The van der Waals surface area contributed by atoms with Gasteiger partial charge in [0.05, 0.1) is 0 Å². The highest BCUT2D eigenvalue weighted by atomic mass is 16.6. The number of carbonyl (C=O) groups excluding carboxylic acids is 2. The van der Waals surface area contributed by atoms with Crippen molar-refractivity contribution in [1.29, 1.82) is 0 Å². The molecule has 0 spiro atoms. The molecular weight excluding hydrogens is 348 g/mol. The number of benzene rings is 1. The first-order chi connectivity index (χ1) is 12.6. The van der Waals surface area contributed by atoms with Crippen molar-refractivity contribution in [2.24, 2.45) is 5.92 Å². The summed E-state index contributed by atoms with van der Waals surface area (Å²) in [4.78, 5) is 36.3. The fraction of sp³-hybridized carbons (Fsp3) is 0.550. The molecule has 7 heteroatoms. The molecule has 0 unspecified atom stereocenters. The Morgan fingerprint density at radius 1 is 1.11 bits per heavy atom. The van der Waals surface area contributed by atoms with Crippen molar-refractivity contribution in [3.8, 4) is 0 Å². The lowest BCUT2D eigenvalue weighted by molar-refractivity contribution is -0.142. The lowest BCUT2D eigenvalue weighted by atomic mass is 10.0. The van der Waals surface area contributed by atoms with Crippen LogP contribution in [-0.2, 0) is 20.7 Å². The van der Waals surface area contributed by atoms with Gasteiger partial charge in [0, 0.05) is 6.42 Å². The average molecular weight is 376 g/mol. The van der Waals surface area contributed by atoms with E-state index in [4.69, 9.17) is 4.74 Å². The Kier molecular flexibility index (Phi) is 6.82. The van der Waals surface area contributed by atoms with E-state index in [1.54, 1.807) is 20.8 Å². The first-order valence-corrected chi connectivity index (χ1v) is 9.20. The van der Waals surface area contributed by atoms with Gasteiger partial charge in [-0.25, -0.2) is 9.59 Å². The van der Waals surface area contributed by atoms with Crippen LogP contribution in [0.1, 0.15) is 45.6 Å². The van der Waals surface area contributed by atoms with Crippen molar-refractivity contribution in [2.45, 2.75) is 64.1 Å². The lowest BCUT2D eigenvalue weighted by Crippen LogP contribution is -2.53. The molecule has 1 aliphatic rings. The number of alkyl carbamates (subject to hydrolysis) is 1. The van der Waals surface area contributed by atoms with Crippen molar-refractivity contribution in [3.05, 3.63) is 35.9 Å². The van der Waals surface area contributed by atoms with Crippen molar-refractivity contribution < 1.29 is 24.2 Å². The SMILES string of the molecule is CC(C)(C)OC(=O)N[C@H](Cc1ccccc1)C(=O)N[C@H](CC1CC1)C(=O)O. The van der Waals surface area contributed by atoms with Gasteiger partial charge < -0.3 is 20.5 Å². The van der Waals surface area contributed by atoms with Crippen LogP contribution in [-0.4, -0.2) is 40.8 Å². The van der Waals surface area contributed by atoms with Crippen LogP contribution >= 0.6 is 0 Å². The molecule has 2 rings (SSSR count). The number of aliphatic carboxylic acids is 1. The predicted octanol–water partition coefficient (Wildman–Crippen LogP) is 2.49. The van der Waals surface area contributed by atoms with Crippen LogP contribution in [0.3, 0.4) is 0 Å². The smallest absolute Gasteiger partial charge is 0.408 e. The summed E-state index contributed by atoms with van der Waals surface area (Å²) in [6.07, 6.45) is 1.91. The molecular formula is C20H28N2O5. The van der Waals surface area contributed by atoms with E-state index in [-0.39, 0.29) is 6.42 Å². The number of nitrogens with one attached hydrogen (secondary N) is 2.